The zero-order valence-electron chi connectivity index (χ0n) is 19.6. The Kier molecular flexibility index (Phi) is 6.00. The summed E-state index contributed by atoms with van der Waals surface area (Å²) in [4.78, 5) is 38.6. The Labute approximate surface area is 198 Å². The van der Waals surface area contributed by atoms with E-state index < -0.39 is 0 Å². The van der Waals surface area contributed by atoms with Crippen LogP contribution in [0.2, 0.25) is 0 Å². The van der Waals surface area contributed by atoms with Crippen molar-refractivity contribution >= 4 is 29.0 Å². The van der Waals surface area contributed by atoms with Gasteiger partial charge in [-0.25, -0.2) is 14.6 Å². The molecule has 2 aliphatic rings. The number of anilines is 3. The van der Waals surface area contributed by atoms with E-state index in [0.29, 0.717) is 23.7 Å². The van der Waals surface area contributed by atoms with Crippen LogP contribution in [-0.4, -0.2) is 51.2 Å². The lowest BCUT2D eigenvalue weighted by Crippen LogP contribution is -2.35. The van der Waals surface area contributed by atoms with E-state index in [9.17, 15) is 9.59 Å². The highest BCUT2D eigenvalue weighted by Gasteiger charge is 2.26. The van der Waals surface area contributed by atoms with Gasteiger partial charge in [0.05, 0.1) is 5.56 Å². The van der Waals surface area contributed by atoms with Crippen LogP contribution < -0.4 is 15.1 Å². The average Bonchev–Trinajstić information content (AvgIpc) is 3.49. The first-order chi connectivity index (χ1) is 16.5. The van der Waals surface area contributed by atoms with Crippen LogP contribution >= 0.6 is 0 Å². The van der Waals surface area contributed by atoms with Crippen LogP contribution in [0.25, 0.3) is 0 Å². The Balaban J connectivity index is 1.31. The lowest BCUT2D eigenvalue weighted by Gasteiger charge is -2.32. The smallest absolute Gasteiger partial charge is 0.259 e. The molecule has 3 aromatic rings. The van der Waals surface area contributed by atoms with Crippen molar-refractivity contribution < 1.29 is 9.59 Å². The molecule has 5 rings (SSSR count). The van der Waals surface area contributed by atoms with Crippen molar-refractivity contribution in [2.45, 2.75) is 39.7 Å². The number of aromatic nitrogens is 4. The van der Waals surface area contributed by atoms with Crippen LogP contribution in [0.4, 0.5) is 17.2 Å². The molecule has 1 fully saturated rings. The highest BCUT2D eigenvalue weighted by Crippen LogP contribution is 2.31. The van der Waals surface area contributed by atoms with Crippen molar-refractivity contribution in [3.8, 4) is 0 Å². The molecule has 0 unspecified atom stereocenters. The third kappa shape index (κ3) is 4.50. The second-order valence-electron chi connectivity index (χ2n) is 9.18. The molecule has 2 aliphatic heterocycles. The number of carbonyl (C=O) groups is 2. The molecule has 176 valence electrons. The lowest BCUT2D eigenvalue weighted by molar-refractivity contribution is -0.119. The first-order valence-electron chi connectivity index (χ1n) is 11.8. The third-order valence-electron chi connectivity index (χ3n) is 6.64. The number of fused-ring (bicyclic) bond motifs is 1. The molecular weight excluding hydrogens is 430 g/mol. The largest absolute Gasteiger partial charge is 0.356 e. The van der Waals surface area contributed by atoms with Crippen LogP contribution in [0.15, 0.2) is 43.0 Å². The van der Waals surface area contributed by atoms with Gasteiger partial charge in [0.1, 0.15) is 25.0 Å². The molecule has 4 heterocycles. The monoisotopic (exact) mass is 459 g/mol. The summed E-state index contributed by atoms with van der Waals surface area (Å²) in [6.45, 7) is 6.81. The second kappa shape index (κ2) is 9.24. The van der Waals surface area contributed by atoms with Crippen LogP contribution in [0.3, 0.4) is 0 Å². The quantitative estimate of drug-likeness (QED) is 0.630. The standard InChI is InChI=1S/C25H29N7O2/c1-17-7-10-30(11-8-17)24-21(5-3-18(2)28-24)25(34)29-20-4-6-22-19(13-20)9-12-32(22)23(33)14-31-16-26-15-27-31/h3-6,13,15-17H,7-12,14H2,1-2H3,(H,29,34). The average molecular weight is 460 g/mol. The number of aryl methyl sites for hydroxylation is 1. The van der Waals surface area contributed by atoms with Gasteiger partial charge in [-0.05, 0) is 68.0 Å². The molecule has 0 bridgehead atoms. The summed E-state index contributed by atoms with van der Waals surface area (Å²) in [6, 6.07) is 9.45. The summed E-state index contributed by atoms with van der Waals surface area (Å²) >= 11 is 0. The lowest BCUT2D eigenvalue weighted by atomic mass is 9.99. The number of nitrogens with one attached hydrogen (secondary N) is 1. The fraction of sp³-hybridized carbons (Fsp3) is 0.400. The Morgan fingerprint density at radius 2 is 1.94 bits per heavy atom. The number of amides is 2. The van der Waals surface area contributed by atoms with Gasteiger partial charge >= 0.3 is 0 Å². The van der Waals surface area contributed by atoms with Crippen molar-refractivity contribution in [2.75, 3.05) is 34.8 Å². The number of hydrogen-bond donors (Lipinski definition) is 1. The molecule has 1 saturated heterocycles. The maximum Gasteiger partial charge on any atom is 0.259 e. The van der Waals surface area contributed by atoms with E-state index in [1.807, 2.05) is 37.3 Å². The SMILES string of the molecule is Cc1ccc(C(=O)Nc2ccc3c(c2)CCN3C(=O)Cn2cncn2)c(N2CCC(C)CC2)n1. The van der Waals surface area contributed by atoms with E-state index in [1.165, 1.54) is 17.3 Å². The minimum Gasteiger partial charge on any atom is -0.356 e. The summed E-state index contributed by atoms with van der Waals surface area (Å²) in [6.07, 6.45) is 5.90. The van der Waals surface area contributed by atoms with E-state index >= 15 is 0 Å². The fourth-order valence-corrected chi connectivity index (χ4v) is 4.66. The zero-order chi connectivity index (χ0) is 23.7. The van der Waals surface area contributed by atoms with E-state index in [0.717, 1.165) is 55.1 Å². The molecule has 2 amide bonds. The van der Waals surface area contributed by atoms with Crippen molar-refractivity contribution in [3.05, 3.63) is 59.8 Å². The molecular formula is C25H29N7O2. The van der Waals surface area contributed by atoms with Crippen LogP contribution in [-0.2, 0) is 17.8 Å². The van der Waals surface area contributed by atoms with E-state index in [-0.39, 0.29) is 18.4 Å². The van der Waals surface area contributed by atoms with Gasteiger partial charge in [-0.1, -0.05) is 6.92 Å². The first kappa shape index (κ1) is 22.1. The summed E-state index contributed by atoms with van der Waals surface area (Å²) in [5.74, 6) is 1.26. The molecule has 0 radical (unpaired) electrons. The van der Waals surface area contributed by atoms with Crippen molar-refractivity contribution in [2.24, 2.45) is 5.92 Å². The van der Waals surface area contributed by atoms with Gasteiger partial charge in [0.2, 0.25) is 5.91 Å². The number of piperidine rings is 1. The van der Waals surface area contributed by atoms with Crippen molar-refractivity contribution in [3.63, 3.8) is 0 Å². The molecule has 1 aromatic carbocycles. The molecule has 0 aliphatic carbocycles. The zero-order valence-corrected chi connectivity index (χ0v) is 19.6. The molecule has 0 atom stereocenters. The van der Waals surface area contributed by atoms with Crippen LogP contribution in [0.5, 0.6) is 0 Å². The molecule has 2 aromatic heterocycles. The van der Waals surface area contributed by atoms with E-state index in [1.54, 1.807) is 4.90 Å². The molecule has 0 spiro atoms. The maximum atomic E-state index is 13.2. The van der Waals surface area contributed by atoms with Gasteiger partial charge in [0, 0.05) is 36.7 Å². The maximum absolute atomic E-state index is 13.2. The summed E-state index contributed by atoms with van der Waals surface area (Å²) < 4.78 is 1.52. The Morgan fingerprint density at radius 1 is 1.12 bits per heavy atom. The number of benzene rings is 1. The van der Waals surface area contributed by atoms with Crippen molar-refractivity contribution in [1.82, 2.24) is 19.7 Å². The second-order valence-corrected chi connectivity index (χ2v) is 9.18. The molecule has 34 heavy (non-hydrogen) atoms. The topological polar surface area (TPSA) is 96.2 Å². The fourth-order valence-electron chi connectivity index (χ4n) is 4.66. The summed E-state index contributed by atoms with van der Waals surface area (Å²) in [7, 11) is 0. The normalized spacial score (nSPS) is 15.9. The van der Waals surface area contributed by atoms with E-state index in [2.05, 4.69) is 27.2 Å². The number of pyridine rings is 1. The van der Waals surface area contributed by atoms with Gasteiger partial charge in [0.15, 0.2) is 0 Å². The molecule has 9 heteroatoms. The summed E-state index contributed by atoms with van der Waals surface area (Å²) in [5, 5.41) is 7.06. The highest BCUT2D eigenvalue weighted by atomic mass is 16.2. The Bertz CT molecular complexity index is 1200. The van der Waals surface area contributed by atoms with Gasteiger partial charge in [-0.3, -0.25) is 9.59 Å². The number of hydrogen-bond acceptors (Lipinski definition) is 6. The minimum absolute atomic E-state index is 0.0349. The van der Waals surface area contributed by atoms with Crippen LogP contribution in [0, 0.1) is 12.8 Å². The van der Waals surface area contributed by atoms with Gasteiger partial charge in [-0.2, -0.15) is 5.10 Å². The van der Waals surface area contributed by atoms with E-state index in [4.69, 9.17) is 4.98 Å². The first-order valence-corrected chi connectivity index (χ1v) is 11.8. The van der Waals surface area contributed by atoms with Gasteiger partial charge < -0.3 is 15.1 Å². The predicted octanol–water partition coefficient (Wildman–Crippen LogP) is 3.06. The Morgan fingerprint density at radius 3 is 2.71 bits per heavy atom. The minimum atomic E-state index is -0.168. The van der Waals surface area contributed by atoms with Crippen LogP contribution in [0.1, 0.15) is 41.4 Å². The Hall–Kier alpha value is -3.75. The third-order valence-corrected chi connectivity index (χ3v) is 6.64. The molecule has 9 nitrogen and oxygen atoms in total. The number of rotatable bonds is 5. The van der Waals surface area contributed by atoms with Crippen molar-refractivity contribution in [1.29, 1.82) is 0 Å². The molecule has 1 N–H and O–H groups in total. The highest BCUT2D eigenvalue weighted by molar-refractivity contribution is 6.08. The van der Waals surface area contributed by atoms with Gasteiger partial charge in [-0.15, -0.1) is 0 Å². The molecule has 0 saturated carbocycles. The van der Waals surface area contributed by atoms with Gasteiger partial charge in [0.25, 0.3) is 5.91 Å². The summed E-state index contributed by atoms with van der Waals surface area (Å²) in [5.41, 5.74) is 4.12. The predicted molar refractivity (Wildman–Crippen MR) is 130 cm³/mol. The number of nitrogens with zero attached hydrogens (tertiary/aromatic N) is 6. The number of carbonyl (C=O) groups excluding carboxylic acids is 2.